The van der Waals surface area contributed by atoms with Crippen molar-refractivity contribution in [3.05, 3.63) is 96.3 Å². The fourth-order valence-corrected chi connectivity index (χ4v) is 4.14. The average Bonchev–Trinajstić information content (AvgIpc) is 3.21. The molecule has 0 spiro atoms. The molecule has 1 N–H and O–H groups in total. The fourth-order valence-electron chi connectivity index (χ4n) is 4.14. The number of fused-ring (bicyclic) bond motifs is 1. The third-order valence-electron chi connectivity index (χ3n) is 5.82. The number of imidazole rings is 1. The predicted molar refractivity (Wildman–Crippen MR) is 136 cm³/mol. The van der Waals surface area contributed by atoms with E-state index in [9.17, 15) is 9.59 Å². The second kappa shape index (κ2) is 11.3. The molecule has 0 aliphatic carbocycles. The maximum Gasteiger partial charge on any atom is 0.246 e. The van der Waals surface area contributed by atoms with Crippen molar-refractivity contribution >= 4 is 28.5 Å². The molecule has 0 saturated heterocycles. The lowest BCUT2D eigenvalue weighted by Crippen LogP contribution is -2.34. The van der Waals surface area contributed by atoms with E-state index < -0.39 is 0 Å². The van der Waals surface area contributed by atoms with Crippen LogP contribution in [0.25, 0.3) is 11.0 Å². The smallest absolute Gasteiger partial charge is 0.246 e. The summed E-state index contributed by atoms with van der Waals surface area (Å²) in [6.45, 7) is 3.36. The molecule has 2 amide bonds. The molecule has 0 aliphatic rings. The first-order chi connectivity index (χ1) is 16.7. The molecular formula is C28H30N4O2. The van der Waals surface area contributed by atoms with Crippen LogP contribution in [0.4, 0.5) is 5.69 Å². The standard InChI is InChI=1S/C28H30N4O2/c1-2-31(23-14-7-4-8-15-23)28(34)21-32-25-17-10-9-16-24(25)30-26(32)18-11-19-29-27(33)20-22-12-5-3-6-13-22/h3-10,12-17H,2,11,18-21H2,1H3,(H,29,33). The second-order valence-corrected chi connectivity index (χ2v) is 8.19. The summed E-state index contributed by atoms with van der Waals surface area (Å²) in [5.41, 5.74) is 3.71. The van der Waals surface area contributed by atoms with Gasteiger partial charge in [0.25, 0.3) is 0 Å². The van der Waals surface area contributed by atoms with Gasteiger partial charge in [-0.15, -0.1) is 0 Å². The zero-order valence-corrected chi connectivity index (χ0v) is 19.5. The van der Waals surface area contributed by atoms with Gasteiger partial charge < -0.3 is 14.8 Å². The molecule has 0 atom stereocenters. The zero-order valence-electron chi connectivity index (χ0n) is 19.5. The average molecular weight is 455 g/mol. The van der Waals surface area contributed by atoms with Crippen molar-refractivity contribution < 1.29 is 9.59 Å². The first-order valence-electron chi connectivity index (χ1n) is 11.8. The Bertz CT molecular complexity index is 1240. The Labute approximate surface area is 200 Å². The van der Waals surface area contributed by atoms with Gasteiger partial charge in [-0.3, -0.25) is 9.59 Å². The molecular weight excluding hydrogens is 424 g/mol. The number of amides is 2. The number of rotatable bonds is 10. The molecule has 6 heteroatoms. The van der Waals surface area contributed by atoms with Crippen LogP contribution in [0.15, 0.2) is 84.9 Å². The van der Waals surface area contributed by atoms with E-state index in [1.54, 1.807) is 4.90 Å². The van der Waals surface area contributed by atoms with Gasteiger partial charge in [-0.05, 0) is 43.2 Å². The van der Waals surface area contributed by atoms with Gasteiger partial charge >= 0.3 is 0 Å². The largest absolute Gasteiger partial charge is 0.356 e. The minimum Gasteiger partial charge on any atom is -0.356 e. The number of aryl methyl sites for hydroxylation is 1. The first kappa shape index (κ1) is 23.2. The molecule has 0 radical (unpaired) electrons. The van der Waals surface area contributed by atoms with E-state index in [2.05, 4.69) is 5.32 Å². The third-order valence-corrected chi connectivity index (χ3v) is 5.82. The summed E-state index contributed by atoms with van der Waals surface area (Å²) in [6, 6.07) is 27.3. The number of carbonyl (C=O) groups is 2. The minimum absolute atomic E-state index is 0.0105. The van der Waals surface area contributed by atoms with E-state index in [1.165, 1.54) is 0 Å². The molecule has 1 heterocycles. The van der Waals surface area contributed by atoms with Crippen LogP contribution in [0.2, 0.25) is 0 Å². The number of aromatic nitrogens is 2. The number of anilines is 1. The lowest BCUT2D eigenvalue weighted by Gasteiger charge is -2.22. The summed E-state index contributed by atoms with van der Waals surface area (Å²) in [4.78, 5) is 32.1. The second-order valence-electron chi connectivity index (χ2n) is 8.19. The van der Waals surface area contributed by atoms with Crippen molar-refractivity contribution in [1.82, 2.24) is 14.9 Å². The summed E-state index contributed by atoms with van der Waals surface area (Å²) < 4.78 is 2.01. The maximum atomic E-state index is 13.3. The molecule has 34 heavy (non-hydrogen) atoms. The number of likely N-dealkylation sites (N-methyl/N-ethyl adjacent to an activating group) is 1. The molecule has 0 bridgehead atoms. The maximum absolute atomic E-state index is 13.3. The van der Waals surface area contributed by atoms with Crippen molar-refractivity contribution in [2.45, 2.75) is 32.7 Å². The van der Waals surface area contributed by atoms with Gasteiger partial charge in [0.1, 0.15) is 12.4 Å². The van der Waals surface area contributed by atoms with Gasteiger partial charge in [0.05, 0.1) is 17.5 Å². The van der Waals surface area contributed by atoms with Crippen molar-refractivity contribution in [3.63, 3.8) is 0 Å². The molecule has 1 aromatic heterocycles. The SMILES string of the molecule is CCN(C(=O)Cn1c(CCCNC(=O)Cc2ccccc2)nc2ccccc21)c1ccccc1. The summed E-state index contributed by atoms with van der Waals surface area (Å²) in [5, 5.41) is 2.99. The highest BCUT2D eigenvalue weighted by Crippen LogP contribution is 2.19. The summed E-state index contributed by atoms with van der Waals surface area (Å²) in [6.07, 6.45) is 1.79. The zero-order chi connectivity index (χ0) is 23.8. The van der Waals surface area contributed by atoms with Gasteiger partial charge in [0, 0.05) is 25.2 Å². The van der Waals surface area contributed by atoms with Crippen molar-refractivity contribution in [2.24, 2.45) is 0 Å². The lowest BCUT2D eigenvalue weighted by atomic mass is 10.1. The van der Waals surface area contributed by atoms with Crippen molar-refractivity contribution in [1.29, 1.82) is 0 Å². The molecule has 0 fully saturated rings. The monoisotopic (exact) mass is 454 g/mol. The van der Waals surface area contributed by atoms with Crippen LogP contribution >= 0.6 is 0 Å². The predicted octanol–water partition coefficient (Wildman–Crippen LogP) is 4.38. The van der Waals surface area contributed by atoms with Crippen molar-refractivity contribution in [2.75, 3.05) is 18.0 Å². The summed E-state index contributed by atoms with van der Waals surface area (Å²) >= 11 is 0. The van der Waals surface area contributed by atoms with Crippen molar-refractivity contribution in [3.8, 4) is 0 Å². The highest BCUT2D eigenvalue weighted by molar-refractivity contribution is 5.94. The lowest BCUT2D eigenvalue weighted by molar-refractivity contribution is -0.120. The van der Waals surface area contributed by atoms with Gasteiger partial charge in [0.2, 0.25) is 11.8 Å². The van der Waals surface area contributed by atoms with E-state index in [1.807, 2.05) is 96.4 Å². The Morgan fingerprint density at radius 2 is 1.59 bits per heavy atom. The van der Waals surface area contributed by atoms with Crippen LogP contribution in [-0.2, 0) is 29.0 Å². The van der Waals surface area contributed by atoms with E-state index in [4.69, 9.17) is 4.98 Å². The minimum atomic E-state index is 0.0105. The molecule has 0 saturated carbocycles. The fraction of sp³-hybridized carbons (Fsp3) is 0.250. The van der Waals surface area contributed by atoms with Gasteiger partial charge in [-0.1, -0.05) is 60.7 Å². The molecule has 4 rings (SSSR count). The van der Waals surface area contributed by atoms with Crippen LogP contribution in [0.1, 0.15) is 24.7 Å². The van der Waals surface area contributed by atoms with Gasteiger partial charge in [0.15, 0.2) is 0 Å². The Hall–Kier alpha value is -3.93. The summed E-state index contributed by atoms with van der Waals surface area (Å²) in [7, 11) is 0. The molecule has 174 valence electrons. The molecule has 4 aromatic rings. The Balaban J connectivity index is 1.42. The quantitative estimate of drug-likeness (QED) is 0.362. The Kier molecular flexibility index (Phi) is 7.71. The molecule has 3 aromatic carbocycles. The molecule has 6 nitrogen and oxygen atoms in total. The van der Waals surface area contributed by atoms with E-state index in [0.717, 1.165) is 34.5 Å². The highest BCUT2D eigenvalue weighted by atomic mass is 16.2. The van der Waals surface area contributed by atoms with E-state index in [0.29, 0.717) is 25.9 Å². The van der Waals surface area contributed by atoms with Crippen LogP contribution < -0.4 is 10.2 Å². The number of benzene rings is 3. The van der Waals surface area contributed by atoms with E-state index >= 15 is 0 Å². The number of nitrogens with zero attached hydrogens (tertiary/aromatic N) is 3. The topological polar surface area (TPSA) is 67.2 Å². The number of carbonyl (C=O) groups excluding carboxylic acids is 2. The Morgan fingerprint density at radius 1 is 0.912 bits per heavy atom. The number of hydrogen-bond donors (Lipinski definition) is 1. The first-order valence-corrected chi connectivity index (χ1v) is 11.8. The molecule has 0 unspecified atom stereocenters. The number of hydrogen-bond acceptors (Lipinski definition) is 3. The normalized spacial score (nSPS) is 10.9. The van der Waals surface area contributed by atoms with Crippen LogP contribution in [0.3, 0.4) is 0 Å². The highest BCUT2D eigenvalue weighted by Gasteiger charge is 2.18. The summed E-state index contributed by atoms with van der Waals surface area (Å²) in [5.74, 6) is 0.890. The third kappa shape index (κ3) is 5.70. The van der Waals surface area contributed by atoms with Crippen LogP contribution in [0.5, 0.6) is 0 Å². The number of para-hydroxylation sites is 3. The van der Waals surface area contributed by atoms with Gasteiger partial charge in [-0.2, -0.15) is 0 Å². The van der Waals surface area contributed by atoms with Crippen LogP contribution in [0, 0.1) is 0 Å². The van der Waals surface area contributed by atoms with Gasteiger partial charge in [-0.25, -0.2) is 4.98 Å². The molecule has 0 aliphatic heterocycles. The number of nitrogens with one attached hydrogen (secondary N) is 1. The van der Waals surface area contributed by atoms with Crippen LogP contribution in [-0.4, -0.2) is 34.5 Å². The Morgan fingerprint density at radius 3 is 2.32 bits per heavy atom. The van der Waals surface area contributed by atoms with E-state index in [-0.39, 0.29) is 18.4 Å².